The minimum absolute atomic E-state index is 0.000537. The summed E-state index contributed by atoms with van der Waals surface area (Å²) in [5.41, 5.74) is 2.41. The Balaban J connectivity index is 1.40. The van der Waals surface area contributed by atoms with Crippen molar-refractivity contribution in [1.29, 1.82) is 0 Å². The molecule has 0 saturated carbocycles. The van der Waals surface area contributed by atoms with E-state index in [1.54, 1.807) is 13.8 Å². The second kappa shape index (κ2) is 11.8. The summed E-state index contributed by atoms with van der Waals surface area (Å²) in [4.78, 5) is 61.5. The van der Waals surface area contributed by atoms with Crippen molar-refractivity contribution in [2.75, 3.05) is 0 Å². The van der Waals surface area contributed by atoms with Gasteiger partial charge in [0.15, 0.2) is 0 Å². The quantitative estimate of drug-likeness (QED) is 0.410. The van der Waals surface area contributed by atoms with Crippen LogP contribution in [0.2, 0.25) is 0 Å². The lowest BCUT2D eigenvalue weighted by Gasteiger charge is -2.61. The highest BCUT2D eigenvalue weighted by molar-refractivity contribution is 6.01. The number of hydrogen-bond acceptors (Lipinski definition) is 5. The molecule has 0 aliphatic carbocycles. The number of amides is 6. The second-order valence-electron chi connectivity index (χ2n) is 12.0. The number of fused-ring (bicyclic) bond motifs is 3. The molecule has 0 spiro atoms. The van der Waals surface area contributed by atoms with Crippen LogP contribution in [0.15, 0.2) is 91.0 Å². The molecule has 0 aromatic heterocycles. The molecule has 3 aromatic rings. The summed E-state index contributed by atoms with van der Waals surface area (Å²) < 4.78 is 0. The van der Waals surface area contributed by atoms with Gasteiger partial charge in [-0.25, -0.2) is 14.5 Å². The number of carbonyl (C=O) groups excluding carboxylic acids is 4. The fourth-order valence-corrected chi connectivity index (χ4v) is 6.79. The van der Waals surface area contributed by atoms with Gasteiger partial charge in [-0.2, -0.15) is 0 Å². The maximum Gasteiger partial charge on any atom is 0.332 e. The van der Waals surface area contributed by atoms with Crippen LogP contribution in [0.4, 0.5) is 9.59 Å². The molecular weight excluding hydrogens is 558 g/mol. The third-order valence-corrected chi connectivity index (χ3v) is 8.88. The van der Waals surface area contributed by atoms with Crippen LogP contribution >= 0.6 is 0 Å². The molecule has 6 rings (SSSR count). The average molecular weight is 596 g/mol. The first-order chi connectivity index (χ1) is 21.2. The van der Waals surface area contributed by atoms with Crippen LogP contribution in [0.5, 0.6) is 0 Å². The maximum atomic E-state index is 14.3. The predicted molar refractivity (Wildman–Crippen MR) is 162 cm³/mol. The summed E-state index contributed by atoms with van der Waals surface area (Å²) in [7, 11) is 0. The van der Waals surface area contributed by atoms with Gasteiger partial charge < -0.3 is 15.3 Å². The van der Waals surface area contributed by atoms with Crippen molar-refractivity contribution >= 4 is 23.9 Å². The lowest BCUT2D eigenvalue weighted by atomic mass is 9.90. The average Bonchev–Trinajstić information content (AvgIpc) is 3.50. The molecule has 2 N–H and O–H groups in total. The van der Waals surface area contributed by atoms with E-state index >= 15 is 0 Å². The lowest BCUT2D eigenvalue weighted by molar-refractivity contribution is -0.262. The summed E-state index contributed by atoms with van der Waals surface area (Å²) in [6.07, 6.45) is 0.519. The van der Waals surface area contributed by atoms with Crippen molar-refractivity contribution in [3.63, 3.8) is 0 Å². The first kappa shape index (κ1) is 29.4. The summed E-state index contributed by atoms with van der Waals surface area (Å²) in [5.74, 6) is -3.33. The number of nitrogens with one attached hydrogen (secondary N) is 1. The van der Waals surface area contributed by atoms with Crippen molar-refractivity contribution in [3.05, 3.63) is 108 Å². The van der Waals surface area contributed by atoms with Gasteiger partial charge in [0, 0.05) is 6.54 Å². The Morgan fingerprint density at radius 3 is 1.93 bits per heavy atom. The minimum atomic E-state index is -2.17. The van der Waals surface area contributed by atoms with Gasteiger partial charge in [0.25, 0.3) is 0 Å². The summed E-state index contributed by atoms with van der Waals surface area (Å²) in [5, 5.41) is 15.8. The number of imide groups is 1. The van der Waals surface area contributed by atoms with E-state index in [9.17, 15) is 24.3 Å². The molecule has 3 aliphatic rings. The summed E-state index contributed by atoms with van der Waals surface area (Å²) in [6, 6.07) is 23.5. The highest BCUT2D eigenvalue weighted by Gasteiger charge is 2.69. The monoisotopic (exact) mass is 595 g/mol. The van der Waals surface area contributed by atoms with Gasteiger partial charge in [-0.15, -0.1) is 0 Å². The Labute approximate surface area is 256 Å². The predicted octanol–water partition coefficient (Wildman–Crippen LogP) is 3.91. The molecule has 10 nitrogen and oxygen atoms in total. The van der Waals surface area contributed by atoms with Crippen LogP contribution in [-0.4, -0.2) is 72.6 Å². The largest absolute Gasteiger partial charge is 0.352 e. The number of urea groups is 2. The molecule has 44 heavy (non-hydrogen) atoms. The summed E-state index contributed by atoms with van der Waals surface area (Å²) >= 11 is 0. The molecule has 3 aliphatic heterocycles. The number of aliphatic hydroxyl groups is 1. The van der Waals surface area contributed by atoms with Crippen LogP contribution < -0.4 is 5.32 Å². The zero-order chi connectivity index (χ0) is 31.0. The number of hydrogen-bond donors (Lipinski definition) is 2. The van der Waals surface area contributed by atoms with Gasteiger partial charge >= 0.3 is 12.1 Å². The molecule has 6 amide bonds. The molecule has 3 saturated heterocycles. The highest BCUT2D eigenvalue weighted by Crippen LogP contribution is 2.46. The number of rotatable bonds is 8. The zero-order valence-electron chi connectivity index (χ0n) is 24.9. The fourth-order valence-electron chi connectivity index (χ4n) is 6.79. The minimum Gasteiger partial charge on any atom is -0.352 e. The lowest BCUT2D eigenvalue weighted by Crippen LogP contribution is -2.85. The number of nitrogens with zero attached hydrogens (tertiary/aromatic N) is 4. The molecule has 0 unspecified atom stereocenters. The standard InChI is InChI=1S/C34H37N5O5/c1-23(2)29-31(41)38-27(30(40)35-20-24-12-6-3-7-13-24)18-19-28(38)34(44)37(22-26-16-10-5-11-17-26)32(42)36(33(43)39(29)34)21-25-14-8-4-9-15-25/h3-17,23,27-29,44H,18-22H2,1-2H3,(H,35,40)/t27-,28+,29+,34+/m0/s1. The third-order valence-electron chi connectivity index (χ3n) is 8.88. The van der Waals surface area contributed by atoms with Crippen molar-refractivity contribution in [2.45, 2.75) is 70.3 Å². The smallest absolute Gasteiger partial charge is 0.332 e. The Kier molecular flexibility index (Phi) is 7.85. The molecule has 228 valence electrons. The van der Waals surface area contributed by atoms with E-state index in [2.05, 4.69) is 5.32 Å². The molecule has 3 fully saturated rings. The molecule has 3 aromatic carbocycles. The third kappa shape index (κ3) is 4.98. The van der Waals surface area contributed by atoms with E-state index in [0.29, 0.717) is 6.54 Å². The van der Waals surface area contributed by atoms with E-state index in [1.807, 2.05) is 91.0 Å². The van der Waals surface area contributed by atoms with Gasteiger partial charge in [-0.1, -0.05) is 105 Å². The molecule has 4 atom stereocenters. The van der Waals surface area contributed by atoms with Crippen molar-refractivity contribution in [1.82, 2.24) is 24.9 Å². The molecule has 3 heterocycles. The van der Waals surface area contributed by atoms with E-state index in [-0.39, 0.29) is 31.8 Å². The first-order valence-electron chi connectivity index (χ1n) is 15.1. The van der Waals surface area contributed by atoms with Crippen molar-refractivity contribution in [3.8, 4) is 0 Å². The van der Waals surface area contributed by atoms with E-state index in [1.165, 1.54) is 14.7 Å². The highest BCUT2D eigenvalue weighted by atomic mass is 16.4. The molecular formula is C34H37N5O5. The van der Waals surface area contributed by atoms with E-state index in [4.69, 9.17) is 0 Å². The van der Waals surface area contributed by atoms with Gasteiger partial charge in [0.05, 0.1) is 13.1 Å². The summed E-state index contributed by atoms with van der Waals surface area (Å²) in [6.45, 7) is 3.87. The Bertz CT molecular complexity index is 1530. The molecule has 0 bridgehead atoms. The van der Waals surface area contributed by atoms with Crippen molar-refractivity contribution < 1.29 is 24.3 Å². The number of piperazine rings is 1. The normalized spacial score (nSPS) is 24.9. The Morgan fingerprint density at radius 1 is 0.818 bits per heavy atom. The SMILES string of the molecule is CC(C)[C@@H]1C(=O)N2[C@H](C(=O)NCc3ccccc3)CC[C@@H]2[C@@]2(O)N(Cc3ccccc3)C(=O)N(Cc3ccccc3)C(=O)N12. The zero-order valence-corrected chi connectivity index (χ0v) is 24.9. The fraction of sp³-hybridized carbons (Fsp3) is 0.353. The van der Waals surface area contributed by atoms with Crippen LogP contribution in [-0.2, 0) is 29.2 Å². The van der Waals surface area contributed by atoms with Gasteiger partial charge in [0.1, 0.15) is 18.1 Å². The van der Waals surface area contributed by atoms with Gasteiger partial charge in [-0.3, -0.25) is 19.4 Å². The van der Waals surface area contributed by atoms with Crippen LogP contribution in [0.25, 0.3) is 0 Å². The van der Waals surface area contributed by atoms with Crippen LogP contribution in [0.1, 0.15) is 43.4 Å². The van der Waals surface area contributed by atoms with Gasteiger partial charge in [-0.05, 0) is 35.4 Å². The maximum absolute atomic E-state index is 14.3. The van der Waals surface area contributed by atoms with Crippen molar-refractivity contribution in [2.24, 2.45) is 5.92 Å². The Hall–Kier alpha value is -4.70. The Morgan fingerprint density at radius 2 is 1.36 bits per heavy atom. The van der Waals surface area contributed by atoms with Crippen LogP contribution in [0, 0.1) is 5.92 Å². The van der Waals surface area contributed by atoms with Gasteiger partial charge in [0.2, 0.25) is 17.7 Å². The molecule has 10 heteroatoms. The number of benzene rings is 3. The van der Waals surface area contributed by atoms with Crippen LogP contribution in [0.3, 0.4) is 0 Å². The first-order valence-corrected chi connectivity index (χ1v) is 15.1. The van der Waals surface area contributed by atoms with E-state index in [0.717, 1.165) is 21.6 Å². The second-order valence-corrected chi connectivity index (χ2v) is 12.0. The number of carbonyl (C=O) groups is 4. The molecule has 0 radical (unpaired) electrons. The van der Waals surface area contributed by atoms with E-state index < -0.39 is 47.9 Å². The topological polar surface area (TPSA) is 113 Å².